The fourth-order valence-corrected chi connectivity index (χ4v) is 3.40. The quantitative estimate of drug-likeness (QED) is 0.742. The monoisotopic (exact) mass is 371 g/mol. The van der Waals surface area contributed by atoms with Crippen LogP contribution in [0.3, 0.4) is 0 Å². The van der Waals surface area contributed by atoms with E-state index < -0.39 is 0 Å². The van der Waals surface area contributed by atoms with Crippen LogP contribution in [0, 0.1) is 6.92 Å². The number of hydrogen-bond donors (Lipinski definition) is 1. The van der Waals surface area contributed by atoms with Crippen LogP contribution in [0.4, 0.5) is 0 Å². The maximum Gasteiger partial charge on any atom is 0.0584 e. The summed E-state index contributed by atoms with van der Waals surface area (Å²) in [4.78, 5) is 0. The zero-order valence-electron chi connectivity index (χ0n) is 17.2. The van der Waals surface area contributed by atoms with Crippen molar-refractivity contribution in [2.45, 2.75) is 39.8 Å². The van der Waals surface area contributed by atoms with Crippen LogP contribution in [0.5, 0.6) is 0 Å². The first-order valence-electron chi connectivity index (χ1n) is 9.62. The van der Waals surface area contributed by atoms with E-state index in [0.29, 0.717) is 6.54 Å². The smallest absolute Gasteiger partial charge is 0.0584 e. The van der Waals surface area contributed by atoms with Crippen LogP contribution in [0.2, 0.25) is 0 Å². The van der Waals surface area contributed by atoms with Crippen LogP contribution in [0.1, 0.15) is 31.9 Å². The summed E-state index contributed by atoms with van der Waals surface area (Å²) >= 11 is 0. The molecule has 3 rings (SSSR count). The lowest BCUT2D eigenvalue weighted by molar-refractivity contribution is 0.408. The van der Waals surface area contributed by atoms with Crippen molar-refractivity contribution in [1.82, 2.24) is 9.78 Å². The zero-order chi connectivity index (χ0) is 20.3. The molecule has 2 aromatic carbocycles. The normalized spacial score (nSPS) is 13.5. The summed E-state index contributed by atoms with van der Waals surface area (Å²) in [7, 11) is 0. The number of aromatic nitrogens is 2. The third-order valence-corrected chi connectivity index (χ3v) is 4.75. The van der Waals surface area contributed by atoms with E-state index in [4.69, 9.17) is 5.73 Å². The Balaban J connectivity index is 2.00. The highest BCUT2D eigenvalue weighted by atomic mass is 15.3. The maximum absolute atomic E-state index is 6.10. The van der Waals surface area contributed by atoms with Gasteiger partial charge in [-0.2, -0.15) is 5.10 Å². The van der Waals surface area contributed by atoms with Gasteiger partial charge in [0.1, 0.15) is 0 Å². The molecule has 0 fully saturated rings. The number of nitrogens with zero attached hydrogens (tertiary/aromatic N) is 2. The summed E-state index contributed by atoms with van der Waals surface area (Å²) < 4.78 is 1.90. The summed E-state index contributed by atoms with van der Waals surface area (Å²) in [5, 5.41) is 6.87. The fraction of sp³-hybridized carbons (Fsp3) is 0.240. The molecule has 0 bridgehead atoms. The molecule has 0 spiro atoms. The summed E-state index contributed by atoms with van der Waals surface area (Å²) in [6.07, 6.45) is 8.02. The third-order valence-electron chi connectivity index (χ3n) is 4.75. The standard InChI is InChI=1S/C25H29N3/c1-6-19-9-8-18(3)14-24(19)23(7-2)21-12-10-20(11-13-21)22-15-27-28(16-22)17-25(4,5)26/h6-16H,2,17,26H2,1,3-5H3/b19-6-,24-23+. The predicted octanol–water partition coefficient (Wildman–Crippen LogP) is 3.78. The molecule has 3 heteroatoms. The van der Waals surface area contributed by atoms with Gasteiger partial charge in [-0.3, -0.25) is 4.68 Å². The van der Waals surface area contributed by atoms with Crippen molar-refractivity contribution < 1.29 is 0 Å². The van der Waals surface area contributed by atoms with Gasteiger partial charge in [-0.1, -0.05) is 66.8 Å². The summed E-state index contributed by atoms with van der Waals surface area (Å²) in [6, 6.07) is 15.1. The Kier molecular flexibility index (Phi) is 5.66. The largest absolute Gasteiger partial charge is 0.324 e. The van der Waals surface area contributed by atoms with Crippen LogP contribution in [-0.2, 0) is 6.54 Å². The number of allylic oxidation sites excluding steroid dienone is 1. The van der Waals surface area contributed by atoms with Gasteiger partial charge >= 0.3 is 0 Å². The van der Waals surface area contributed by atoms with Crippen LogP contribution in [-0.4, -0.2) is 15.3 Å². The van der Waals surface area contributed by atoms with Gasteiger partial charge in [0.15, 0.2) is 0 Å². The molecule has 0 saturated carbocycles. The molecule has 1 aromatic heterocycles. The highest BCUT2D eigenvalue weighted by Crippen LogP contribution is 2.22. The van der Waals surface area contributed by atoms with Crippen molar-refractivity contribution in [2.24, 2.45) is 5.73 Å². The molecule has 0 radical (unpaired) electrons. The van der Waals surface area contributed by atoms with Gasteiger partial charge in [0, 0.05) is 17.3 Å². The Morgan fingerprint density at radius 3 is 2.46 bits per heavy atom. The molecular weight excluding hydrogens is 342 g/mol. The number of benzene rings is 2. The molecule has 144 valence electrons. The molecule has 0 unspecified atom stereocenters. The first-order valence-corrected chi connectivity index (χ1v) is 9.62. The van der Waals surface area contributed by atoms with E-state index in [1.165, 1.54) is 16.0 Å². The van der Waals surface area contributed by atoms with Crippen LogP contribution >= 0.6 is 0 Å². The van der Waals surface area contributed by atoms with E-state index in [9.17, 15) is 0 Å². The first kappa shape index (κ1) is 19.8. The van der Waals surface area contributed by atoms with Gasteiger partial charge in [-0.15, -0.1) is 0 Å². The minimum atomic E-state index is -0.289. The molecular formula is C25H29N3. The summed E-state index contributed by atoms with van der Waals surface area (Å²) in [5.41, 5.74) is 11.6. The average Bonchev–Trinajstić information content (AvgIpc) is 3.10. The lowest BCUT2D eigenvalue weighted by atomic mass is 9.98. The Hall–Kier alpha value is -2.91. The summed E-state index contributed by atoms with van der Waals surface area (Å²) in [5.74, 6) is 0. The SMILES string of the molecule is C=C/C(c1ccc(-c2cnn(CC(C)(C)N)c2)cc1)=c1/cc(C)cc/c1=C/C. The lowest BCUT2D eigenvalue weighted by Crippen LogP contribution is -2.37. The molecule has 0 atom stereocenters. The van der Waals surface area contributed by atoms with E-state index in [-0.39, 0.29) is 5.54 Å². The molecule has 0 aliphatic carbocycles. The maximum atomic E-state index is 6.10. The van der Waals surface area contributed by atoms with E-state index >= 15 is 0 Å². The second-order valence-electron chi connectivity index (χ2n) is 7.99. The number of aryl methyl sites for hydroxylation is 1. The molecule has 0 saturated heterocycles. The van der Waals surface area contributed by atoms with Gasteiger partial charge in [0.25, 0.3) is 0 Å². The van der Waals surface area contributed by atoms with Gasteiger partial charge in [-0.25, -0.2) is 0 Å². The lowest BCUT2D eigenvalue weighted by Gasteiger charge is -2.17. The molecule has 0 amide bonds. The minimum Gasteiger partial charge on any atom is -0.324 e. The minimum absolute atomic E-state index is 0.289. The molecule has 3 aromatic rings. The van der Waals surface area contributed by atoms with Gasteiger partial charge in [-0.05, 0) is 54.8 Å². The van der Waals surface area contributed by atoms with Crippen molar-refractivity contribution in [3.8, 4) is 11.1 Å². The summed E-state index contributed by atoms with van der Waals surface area (Å²) in [6.45, 7) is 12.9. The molecule has 0 aliphatic heterocycles. The van der Waals surface area contributed by atoms with E-state index in [2.05, 4.69) is 74.1 Å². The number of hydrogen-bond acceptors (Lipinski definition) is 2. The van der Waals surface area contributed by atoms with Crippen LogP contribution in [0.15, 0.2) is 67.5 Å². The molecule has 2 N–H and O–H groups in total. The van der Waals surface area contributed by atoms with E-state index in [1.54, 1.807) is 0 Å². The molecule has 1 heterocycles. The molecule has 0 aliphatic rings. The van der Waals surface area contributed by atoms with Crippen molar-refractivity contribution in [3.05, 3.63) is 89.1 Å². The number of rotatable bonds is 5. The van der Waals surface area contributed by atoms with Gasteiger partial charge in [0.2, 0.25) is 0 Å². The van der Waals surface area contributed by atoms with Crippen LogP contribution in [0.25, 0.3) is 22.8 Å². The van der Waals surface area contributed by atoms with Crippen molar-refractivity contribution in [1.29, 1.82) is 0 Å². The number of nitrogens with two attached hydrogens (primary N) is 1. The van der Waals surface area contributed by atoms with E-state index in [0.717, 1.165) is 22.3 Å². The topological polar surface area (TPSA) is 43.8 Å². The fourth-order valence-electron chi connectivity index (χ4n) is 3.40. The second-order valence-corrected chi connectivity index (χ2v) is 7.99. The van der Waals surface area contributed by atoms with Gasteiger partial charge < -0.3 is 5.73 Å². The second kappa shape index (κ2) is 7.99. The molecule has 3 nitrogen and oxygen atoms in total. The third kappa shape index (κ3) is 4.49. The first-order chi connectivity index (χ1) is 13.3. The Bertz CT molecular complexity index is 1090. The highest BCUT2D eigenvalue weighted by molar-refractivity contribution is 5.75. The Morgan fingerprint density at radius 2 is 1.86 bits per heavy atom. The van der Waals surface area contributed by atoms with Crippen molar-refractivity contribution >= 4 is 11.6 Å². The van der Waals surface area contributed by atoms with Crippen LogP contribution < -0.4 is 16.2 Å². The predicted molar refractivity (Wildman–Crippen MR) is 119 cm³/mol. The van der Waals surface area contributed by atoms with Crippen molar-refractivity contribution in [2.75, 3.05) is 0 Å². The van der Waals surface area contributed by atoms with E-state index in [1.807, 2.05) is 37.0 Å². The zero-order valence-corrected chi connectivity index (χ0v) is 17.2. The highest BCUT2D eigenvalue weighted by Gasteiger charge is 2.12. The van der Waals surface area contributed by atoms with Crippen molar-refractivity contribution in [3.63, 3.8) is 0 Å². The average molecular weight is 372 g/mol. The van der Waals surface area contributed by atoms with Gasteiger partial charge in [0.05, 0.1) is 12.7 Å². The Labute approximate surface area is 167 Å². The Morgan fingerprint density at radius 1 is 1.14 bits per heavy atom. The molecule has 28 heavy (non-hydrogen) atoms.